The number of rotatable bonds is 10. The summed E-state index contributed by atoms with van der Waals surface area (Å²) in [6.45, 7) is 5.94. The fourth-order valence-corrected chi connectivity index (χ4v) is 3.71. The first-order valence-electron chi connectivity index (χ1n) is 9.81. The smallest absolute Gasteiger partial charge is 0.191 e. The van der Waals surface area contributed by atoms with E-state index in [0.717, 1.165) is 38.7 Å². The van der Waals surface area contributed by atoms with Crippen LogP contribution >= 0.6 is 0 Å². The molecule has 0 radical (unpaired) electrons. The van der Waals surface area contributed by atoms with Gasteiger partial charge in [0, 0.05) is 40.5 Å². The van der Waals surface area contributed by atoms with Gasteiger partial charge < -0.3 is 20.1 Å². The van der Waals surface area contributed by atoms with Crippen molar-refractivity contribution < 1.29 is 9.47 Å². The van der Waals surface area contributed by atoms with Crippen molar-refractivity contribution in [2.24, 2.45) is 10.4 Å². The molecular formula is C21H35N3O2. The summed E-state index contributed by atoms with van der Waals surface area (Å²) in [4.78, 5) is 4.40. The lowest BCUT2D eigenvalue weighted by atomic mass is 9.83. The van der Waals surface area contributed by atoms with Crippen molar-refractivity contribution in [3.8, 4) is 0 Å². The summed E-state index contributed by atoms with van der Waals surface area (Å²) >= 11 is 0. The van der Waals surface area contributed by atoms with Gasteiger partial charge in [0.05, 0.1) is 6.61 Å². The summed E-state index contributed by atoms with van der Waals surface area (Å²) in [6, 6.07) is 8.40. The Bertz CT molecular complexity index is 554. The lowest BCUT2D eigenvalue weighted by molar-refractivity contribution is 0.133. The largest absolute Gasteiger partial charge is 0.385 e. The monoisotopic (exact) mass is 361 g/mol. The van der Waals surface area contributed by atoms with Crippen molar-refractivity contribution in [1.29, 1.82) is 0 Å². The number of nitrogens with one attached hydrogen (secondary N) is 2. The maximum atomic E-state index is 5.57. The van der Waals surface area contributed by atoms with E-state index < -0.39 is 0 Å². The Morgan fingerprint density at radius 1 is 1.15 bits per heavy atom. The molecule has 1 fully saturated rings. The molecule has 146 valence electrons. The lowest BCUT2D eigenvalue weighted by Crippen LogP contribution is -2.43. The van der Waals surface area contributed by atoms with Gasteiger partial charge in [0.25, 0.3) is 0 Å². The van der Waals surface area contributed by atoms with Crippen molar-refractivity contribution in [2.75, 3.05) is 33.9 Å². The standard InChI is InChI=1S/C21H35N3O2/c1-4-26-16-19-10-6-5-9-18(19)15-23-20(22-2)24-17-21(13-14-25-3)11-7-8-12-21/h5-6,9-10H,4,7-8,11-17H2,1-3H3,(H2,22,23,24). The number of hydrogen-bond donors (Lipinski definition) is 2. The van der Waals surface area contributed by atoms with Crippen molar-refractivity contribution in [3.63, 3.8) is 0 Å². The molecular weight excluding hydrogens is 326 g/mol. The van der Waals surface area contributed by atoms with E-state index in [1.807, 2.05) is 14.0 Å². The molecule has 1 aliphatic carbocycles. The molecule has 0 atom stereocenters. The number of nitrogens with zero attached hydrogens (tertiary/aromatic N) is 1. The Morgan fingerprint density at radius 3 is 2.54 bits per heavy atom. The van der Waals surface area contributed by atoms with Crippen LogP contribution in [0.1, 0.15) is 50.2 Å². The minimum Gasteiger partial charge on any atom is -0.385 e. The van der Waals surface area contributed by atoms with Crippen molar-refractivity contribution in [3.05, 3.63) is 35.4 Å². The zero-order valence-electron chi connectivity index (χ0n) is 16.6. The minimum atomic E-state index is 0.348. The van der Waals surface area contributed by atoms with Crippen LogP contribution in [-0.4, -0.2) is 39.9 Å². The number of methoxy groups -OCH3 is 1. The number of aliphatic imine (C=N–C) groups is 1. The maximum Gasteiger partial charge on any atom is 0.191 e. The zero-order valence-corrected chi connectivity index (χ0v) is 16.6. The van der Waals surface area contributed by atoms with Gasteiger partial charge in [0.2, 0.25) is 0 Å². The summed E-state index contributed by atoms with van der Waals surface area (Å²) in [5.74, 6) is 0.861. The highest BCUT2D eigenvalue weighted by Gasteiger charge is 2.33. The molecule has 5 heteroatoms. The summed E-state index contributed by atoms with van der Waals surface area (Å²) in [5, 5.41) is 7.00. The second-order valence-corrected chi connectivity index (χ2v) is 7.14. The molecule has 0 heterocycles. The number of ether oxygens (including phenoxy) is 2. The van der Waals surface area contributed by atoms with Crippen LogP contribution in [-0.2, 0) is 22.6 Å². The molecule has 2 N–H and O–H groups in total. The molecule has 0 bridgehead atoms. The molecule has 0 amide bonds. The van der Waals surface area contributed by atoms with E-state index in [9.17, 15) is 0 Å². The second kappa shape index (κ2) is 11.2. The highest BCUT2D eigenvalue weighted by molar-refractivity contribution is 5.79. The molecule has 1 aromatic carbocycles. The fraction of sp³-hybridized carbons (Fsp3) is 0.667. The first kappa shape index (κ1) is 20.7. The first-order chi connectivity index (χ1) is 12.7. The molecule has 1 aliphatic rings. The van der Waals surface area contributed by atoms with Gasteiger partial charge in [-0.05, 0) is 42.7 Å². The van der Waals surface area contributed by atoms with Crippen LogP contribution in [0.25, 0.3) is 0 Å². The molecule has 1 saturated carbocycles. The SMILES string of the molecule is CCOCc1ccccc1CNC(=NC)NCC1(CCOC)CCCC1. The van der Waals surface area contributed by atoms with Crippen LogP contribution in [0.15, 0.2) is 29.3 Å². The van der Waals surface area contributed by atoms with Crippen LogP contribution in [0.2, 0.25) is 0 Å². The molecule has 1 aromatic rings. The average molecular weight is 362 g/mol. The Balaban J connectivity index is 1.88. The summed E-state index contributed by atoms with van der Waals surface area (Å²) in [7, 11) is 3.62. The molecule has 26 heavy (non-hydrogen) atoms. The Kier molecular flexibility index (Phi) is 8.92. The van der Waals surface area contributed by atoms with Crippen molar-refractivity contribution in [2.45, 2.75) is 52.2 Å². The van der Waals surface area contributed by atoms with E-state index >= 15 is 0 Å². The van der Waals surface area contributed by atoms with Gasteiger partial charge in [-0.3, -0.25) is 4.99 Å². The Morgan fingerprint density at radius 2 is 1.88 bits per heavy atom. The highest BCUT2D eigenvalue weighted by atomic mass is 16.5. The average Bonchev–Trinajstić information content (AvgIpc) is 3.14. The second-order valence-electron chi connectivity index (χ2n) is 7.14. The molecule has 0 aliphatic heterocycles. The molecule has 2 rings (SSSR count). The highest BCUT2D eigenvalue weighted by Crippen LogP contribution is 2.40. The summed E-state index contributed by atoms with van der Waals surface area (Å²) < 4.78 is 10.9. The third kappa shape index (κ3) is 6.29. The topological polar surface area (TPSA) is 54.9 Å². The van der Waals surface area contributed by atoms with Crippen LogP contribution in [0.5, 0.6) is 0 Å². The fourth-order valence-electron chi connectivity index (χ4n) is 3.71. The third-order valence-electron chi connectivity index (χ3n) is 5.38. The predicted molar refractivity (Wildman–Crippen MR) is 107 cm³/mol. The first-order valence-corrected chi connectivity index (χ1v) is 9.81. The van der Waals surface area contributed by atoms with Gasteiger partial charge in [-0.15, -0.1) is 0 Å². The lowest BCUT2D eigenvalue weighted by Gasteiger charge is -2.30. The molecule has 0 spiro atoms. The van der Waals surface area contributed by atoms with E-state index in [4.69, 9.17) is 9.47 Å². The quantitative estimate of drug-likeness (QED) is 0.495. The third-order valence-corrected chi connectivity index (χ3v) is 5.38. The van der Waals surface area contributed by atoms with Crippen molar-refractivity contribution in [1.82, 2.24) is 10.6 Å². The number of benzene rings is 1. The summed E-state index contributed by atoms with van der Waals surface area (Å²) in [6.07, 6.45) is 6.31. The Labute approximate surface area is 158 Å². The predicted octanol–water partition coefficient (Wildman–Crippen LogP) is 3.49. The van der Waals surface area contributed by atoms with Gasteiger partial charge >= 0.3 is 0 Å². The molecule has 0 saturated heterocycles. The maximum absolute atomic E-state index is 5.57. The van der Waals surface area contributed by atoms with Gasteiger partial charge in [0.1, 0.15) is 0 Å². The van der Waals surface area contributed by atoms with Crippen LogP contribution < -0.4 is 10.6 Å². The van der Waals surface area contributed by atoms with Crippen LogP contribution in [0, 0.1) is 5.41 Å². The minimum absolute atomic E-state index is 0.348. The Hall–Kier alpha value is -1.59. The molecule has 0 aromatic heterocycles. The van der Waals surface area contributed by atoms with Gasteiger partial charge in [-0.25, -0.2) is 0 Å². The van der Waals surface area contributed by atoms with E-state index in [0.29, 0.717) is 12.0 Å². The van der Waals surface area contributed by atoms with Crippen molar-refractivity contribution >= 4 is 5.96 Å². The van der Waals surface area contributed by atoms with Crippen LogP contribution in [0.3, 0.4) is 0 Å². The molecule has 0 unspecified atom stereocenters. The van der Waals surface area contributed by atoms with E-state index in [2.05, 4.69) is 39.9 Å². The number of hydrogen-bond acceptors (Lipinski definition) is 3. The van der Waals surface area contributed by atoms with E-state index in [1.54, 1.807) is 7.11 Å². The number of guanidine groups is 1. The normalized spacial score (nSPS) is 16.7. The van der Waals surface area contributed by atoms with E-state index in [1.165, 1.54) is 36.8 Å². The van der Waals surface area contributed by atoms with Crippen LogP contribution in [0.4, 0.5) is 0 Å². The zero-order chi connectivity index (χ0) is 18.7. The van der Waals surface area contributed by atoms with Gasteiger partial charge in [0.15, 0.2) is 5.96 Å². The van der Waals surface area contributed by atoms with Gasteiger partial charge in [-0.1, -0.05) is 37.1 Å². The van der Waals surface area contributed by atoms with E-state index in [-0.39, 0.29) is 0 Å². The van der Waals surface area contributed by atoms with Gasteiger partial charge in [-0.2, -0.15) is 0 Å². The molecule has 5 nitrogen and oxygen atoms in total. The summed E-state index contributed by atoms with van der Waals surface area (Å²) in [5.41, 5.74) is 2.82.